The van der Waals surface area contributed by atoms with Crippen molar-refractivity contribution in [1.29, 1.82) is 0 Å². The Morgan fingerprint density at radius 3 is 2.29 bits per heavy atom. The molecule has 17 heavy (non-hydrogen) atoms. The fourth-order valence-electron chi connectivity index (χ4n) is 1.29. The smallest absolute Gasteiger partial charge is 0.238 e. The van der Waals surface area contributed by atoms with Gasteiger partial charge in [-0.1, -0.05) is 23.5 Å². The molecule has 0 N–H and O–H groups in total. The molecular formula is C10H17O4PS2. The molecule has 98 valence electrons. The van der Waals surface area contributed by atoms with Crippen molar-refractivity contribution in [1.82, 2.24) is 0 Å². The average molecular weight is 296 g/mol. The molecule has 1 aliphatic rings. The van der Waals surface area contributed by atoms with Crippen LogP contribution in [0.5, 0.6) is 0 Å². The van der Waals surface area contributed by atoms with Crippen LogP contribution in [0, 0.1) is 0 Å². The van der Waals surface area contributed by atoms with Crippen molar-refractivity contribution in [3.05, 3.63) is 25.3 Å². The normalized spacial score (nSPS) is 22.8. The quantitative estimate of drug-likeness (QED) is 0.509. The fourth-order valence-corrected chi connectivity index (χ4v) is 7.29. The zero-order valence-corrected chi connectivity index (χ0v) is 12.1. The molecule has 0 radical (unpaired) electrons. The molecular weight excluding hydrogens is 279 g/mol. The lowest BCUT2D eigenvalue weighted by molar-refractivity contribution is 0.305. The largest absolute Gasteiger partial charge is 0.322 e. The van der Waals surface area contributed by atoms with Gasteiger partial charge in [-0.05, 0) is 6.42 Å². The summed E-state index contributed by atoms with van der Waals surface area (Å²) in [6.45, 7) is 7.97. The lowest BCUT2D eigenvalue weighted by Gasteiger charge is -2.17. The maximum atomic E-state index is 11.3. The van der Waals surface area contributed by atoms with Crippen LogP contribution in [0.15, 0.2) is 25.3 Å². The van der Waals surface area contributed by atoms with Gasteiger partial charge in [-0.15, -0.1) is 13.2 Å². The second-order valence-corrected chi connectivity index (χ2v) is 9.12. The van der Waals surface area contributed by atoms with Crippen LogP contribution in [0.2, 0.25) is 0 Å². The highest BCUT2D eigenvalue weighted by molar-refractivity contribution is 8.53. The second-order valence-electron chi connectivity index (χ2n) is 3.52. The molecule has 0 aromatic carbocycles. The van der Waals surface area contributed by atoms with Crippen LogP contribution in [-0.4, -0.2) is 38.4 Å². The molecule has 1 saturated heterocycles. The first-order chi connectivity index (χ1) is 8.07. The highest BCUT2D eigenvalue weighted by Crippen LogP contribution is 2.55. The predicted molar refractivity (Wildman–Crippen MR) is 73.9 cm³/mol. The fraction of sp³-hybridized carbons (Fsp3) is 0.600. The maximum Gasteiger partial charge on any atom is 0.238 e. The molecule has 0 amide bonds. The first-order valence-corrected chi connectivity index (χ1v) is 9.70. The summed E-state index contributed by atoms with van der Waals surface area (Å²) in [5, 5.41) is 0.0840. The van der Waals surface area contributed by atoms with E-state index >= 15 is 0 Å². The van der Waals surface area contributed by atoms with Crippen molar-refractivity contribution in [2.45, 2.75) is 11.7 Å². The SMILES string of the molecule is C=CCOP(OCC=C)SC1CCS(=O)(=O)C1. The minimum Gasteiger partial charge on any atom is -0.322 e. The first-order valence-electron chi connectivity index (χ1n) is 5.22. The van der Waals surface area contributed by atoms with Gasteiger partial charge in [0, 0.05) is 5.25 Å². The van der Waals surface area contributed by atoms with Gasteiger partial charge < -0.3 is 9.05 Å². The molecule has 1 aliphatic heterocycles. The molecule has 0 saturated carbocycles. The topological polar surface area (TPSA) is 52.6 Å². The van der Waals surface area contributed by atoms with Crippen LogP contribution in [0.1, 0.15) is 6.42 Å². The molecule has 1 heterocycles. The first kappa shape index (κ1) is 15.2. The molecule has 1 rings (SSSR count). The molecule has 1 unspecified atom stereocenters. The summed E-state index contributed by atoms with van der Waals surface area (Å²) in [4.78, 5) is 0. The maximum absolute atomic E-state index is 11.3. The average Bonchev–Trinajstić information content (AvgIpc) is 2.62. The summed E-state index contributed by atoms with van der Waals surface area (Å²) < 4.78 is 33.6. The number of hydrogen-bond acceptors (Lipinski definition) is 5. The minimum absolute atomic E-state index is 0.0840. The predicted octanol–water partition coefficient (Wildman–Crippen LogP) is 2.54. The van der Waals surface area contributed by atoms with Gasteiger partial charge in [-0.25, -0.2) is 8.42 Å². The number of hydrogen-bond donors (Lipinski definition) is 0. The molecule has 1 fully saturated rings. The molecule has 7 heteroatoms. The third-order valence-corrected chi connectivity index (χ3v) is 7.64. The Morgan fingerprint density at radius 2 is 1.88 bits per heavy atom. The summed E-state index contributed by atoms with van der Waals surface area (Å²) in [6, 6.07) is 0. The standard InChI is InChI=1S/C10H17O4PS2/c1-3-6-13-15(14-7-4-2)16-10-5-8-17(11,12)9-10/h3-4,10H,1-2,5-9H2. The van der Waals surface area contributed by atoms with Gasteiger partial charge in [0.2, 0.25) is 7.58 Å². The summed E-state index contributed by atoms with van der Waals surface area (Å²) in [5.74, 6) is 0.502. The minimum atomic E-state index is -2.84. The van der Waals surface area contributed by atoms with Gasteiger partial charge in [-0.2, -0.15) is 0 Å². The van der Waals surface area contributed by atoms with Crippen molar-refractivity contribution in [3.8, 4) is 0 Å². The number of rotatable bonds is 8. The van der Waals surface area contributed by atoms with Crippen LogP contribution < -0.4 is 0 Å². The van der Waals surface area contributed by atoms with Crippen molar-refractivity contribution in [2.24, 2.45) is 0 Å². The van der Waals surface area contributed by atoms with Crippen LogP contribution >= 0.6 is 19.0 Å². The zero-order chi connectivity index (χ0) is 12.7. The Hall–Kier alpha value is 0.130. The third kappa shape index (κ3) is 6.02. The van der Waals surface area contributed by atoms with Gasteiger partial charge in [0.15, 0.2) is 9.84 Å². The van der Waals surface area contributed by atoms with Crippen LogP contribution in [0.4, 0.5) is 0 Å². The van der Waals surface area contributed by atoms with E-state index in [1.807, 2.05) is 0 Å². The van der Waals surface area contributed by atoms with Crippen molar-refractivity contribution in [2.75, 3.05) is 24.7 Å². The highest BCUT2D eigenvalue weighted by Gasteiger charge is 2.31. The monoisotopic (exact) mass is 296 g/mol. The zero-order valence-electron chi connectivity index (χ0n) is 9.58. The van der Waals surface area contributed by atoms with E-state index in [9.17, 15) is 8.42 Å². The van der Waals surface area contributed by atoms with Crippen molar-refractivity contribution in [3.63, 3.8) is 0 Å². The van der Waals surface area contributed by atoms with Crippen molar-refractivity contribution >= 4 is 28.8 Å². The van der Waals surface area contributed by atoms with Crippen LogP contribution in [-0.2, 0) is 18.9 Å². The summed E-state index contributed by atoms with van der Waals surface area (Å²) in [5.41, 5.74) is 0. The lowest BCUT2D eigenvalue weighted by Crippen LogP contribution is -2.06. The second kappa shape index (κ2) is 7.54. The van der Waals surface area contributed by atoms with Gasteiger partial charge in [0.1, 0.15) is 0 Å². The van der Waals surface area contributed by atoms with Gasteiger partial charge >= 0.3 is 0 Å². The van der Waals surface area contributed by atoms with E-state index in [1.165, 1.54) is 11.4 Å². The third-order valence-electron chi connectivity index (χ3n) is 2.02. The molecule has 0 aromatic rings. The van der Waals surface area contributed by atoms with E-state index in [0.717, 1.165) is 0 Å². The Bertz CT molecular complexity index is 343. The Labute approximate surface area is 108 Å². The van der Waals surface area contributed by atoms with E-state index in [0.29, 0.717) is 19.6 Å². The van der Waals surface area contributed by atoms with E-state index in [-0.39, 0.29) is 16.8 Å². The van der Waals surface area contributed by atoms with E-state index in [2.05, 4.69) is 13.2 Å². The van der Waals surface area contributed by atoms with Gasteiger partial charge in [-0.3, -0.25) is 0 Å². The van der Waals surface area contributed by atoms with Crippen molar-refractivity contribution < 1.29 is 17.5 Å². The van der Waals surface area contributed by atoms with E-state index in [4.69, 9.17) is 9.05 Å². The van der Waals surface area contributed by atoms with E-state index < -0.39 is 17.4 Å². The molecule has 1 atom stereocenters. The number of sulfone groups is 1. The molecule has 0 aliphatic carbocycles. The van der Waals surface area contributed by atoms with Gasteiger partial charge in [0.25, 0.3) is 0 Å². The molecule has 0 spiro atoms. The summed E-state index contributed by atoms with van der Waals surface area (Å²) in [6.07, 6.45) is 3.98. The van der Waals surface area contributed by atoms with Gasteiger partial charge in [0.05, 0.1) is 24.7 Å². The molecule has 0 aromatic heterocycles. The Morgan fingerprint density at radius 1 is 1.29 bits per heavy atom. The summed E-state index contributed by atoms with van der Waals surface area (Å²) in [7, 11) is -3.96. The highest BCUT2D eigenvalue weighted by atomic mass is 32.7. The Balaban J connectivity index is 2.41. The van der Waals surface area contributed by atoms with E-state index in [1.54, 1.807) is 12.2 Å². The summed E-state index contributed by atoms with van der Waals surface area (Å²) >= 11 is 1.48. The molecule has 0 bridgehead atoms. The molecule has 4 nitrogen and oxygen atoms in total. The van der Waals surface area contributed by atoms with Crippen LogP contribution in [0.25, 0.3) is 0 Å². The van der Waals surface area contributed by atoms with Crippen LogP contribution in [0.3, 0.4) is 0 Å². The Kier molecular flexibility index (Phi) is 6.74. The lowest BCUT2D eigenvalue weighted by atomic mass is 10.4.